The van der Waals surface area contributed by atoms with Gasteiger partial charge in [0.15, 0.2) is 0 Å². The molecule has 0 N–H and O–H groups in total. The van der Waals surface area contributed by atoms with E-state index in [1.807, 2.05) is 19.1 Å². The molecule has 2 atom stereocenters. The molecule has 1 aromatic carbocycles. The zero-order valence-electron chi connectivity index (χ0n) is 12.4. The molecule has 0 aromatic heterocycles. The zero-order chi connectivity index (χ0) is 15.4. The van der Waals surface area contributed by atoms with Crippen molar-refractivity contribution in [1.82, 2.24) is 4.90 Å². The summed E-state index contributed by atoms with van der Waals surface area (Å²) >= 11 is 0. The second kappa shape index (κ2) is 6.61. The summed E-state index contributed by atoms with van der Waals surface area (Å²) in [5, 5.41) is 11.4. The van der Waals surface area contributed by atoms with Crippen LogP contribution in [-0.4, -0.2) is 30.4 Å². The number of nitrogens with zero attached hydrogens (tertiary/aromatic N) is 1. The fraction of sp³-hybridized carbons (Fsp3) is 0.500. The second-order valence-corrected chi connectivity index (χ2v) is 5.29. The molecule has 1 fully saturated rings. The van der Waals surface area contributed by atoms with Crippen LogP contribution in [-0.2, 0) is 9.59 Å². The van der Waals surface area contributed by atoms with Gasteiger partial charge in [0.25, 0.3) is 0 Å². The fourth-order valence-electron chi connectivity index (χ4n) is 2.81. The quantitative estimate of drug-likeness (QED) is 0.787. The van der Waals surface area contributed by atoms with Crippen molar-refractivity contribution in [2.24, 2.45) is 5.92 Å². The molecule has 0 bridgehead atoms. The first kappa shape index (κ1) is 15.4. The van der Waals surface area contributed by atoms with Crippen LogP contribution in [0.1, 0.15) is 37.8 Å². The normalized spacial score (nSPS) is 21.6. The number of likely N-dealkylation sites (tertiary alicyclic amines) is 1. The van der Waals surface area contributed by atoms with Crippen LogP contribution in [0.4, 0.5) is 0 Å². The predicted octanol–water partition coefficient (Wildman–Crippen LogP) is 1.13. The van der Waals surface area contributed by atoms with E-state index in [4.69, 9.17) is 4.74 Å². The first-order valence-corrected chi connectivity index (χ1v) is 7.22. The van der Waals surface area contributed by atoms with Crippen LogP contribution in [0.25, 0.3) is 0 Å². The smallest absolute Gasteiger partial charge is 0.223 e. The monoisotopic (exact) mass is 290 g/mol. The Morgan fingerprint density at radius 3 is 2.57 bits per heavy atom. The molecule has 0 unspecified atom stereocenters. The van der Waals surface area contributed by atoms with Gasteiger partial charge in [0.05, 0.1) is 13.2 Å². The summed E-state index contributed by atoms with van der Waals surface area (Å²) in [6, 6.07) is 6.75. The Bertz CT molecular complexity index is 512. The van der Waals surface area contributed by atoms with Crippen molar-refractivity contribution >= 4 is 11.9 Å². The molecule has 1 saturated heterocycles. The number of carbonyl (C=O) groups excluding carboxylic acids is 2. The average Bonchev–Trinajstić information content (AvgIpc) is 2.82. The van der Waals surface area contributed by atoms with Crippen molar-refractivity contribution in [2.75, 3.05) is 13.7 Å². The SMILES string of the molecule is CCCCN1C(=O)C[C@H](C(=O)[O-])[C@H]1c1ccc(OC)cc1. The summed E-state index contributed by atoms with van der Waals surface area (Å²) in [5.74, 6) is -1.36. The summed E-state index contributed by atoms with van der Waals surface area (Å²) in [4.78, 5) is 25.1. The summed E-state index contributed by atoms with van der Waals surface area (Å²) in [6.07, 6.45) is 1.83. The van der Waals surface area contributed by atoms with E-state index < -0.39 is 17.9 Å². The lowest BCUT2D eigenvalue weighted by atomic mass is 9.93. The topological polar surface area (TPSA) is 69.7 Å². The van der Waals surface area contributed by atoms with Crippen LogP contribution in [0.2, 0.25) is 0 Å². The Morgan fingerprint density at radius 1 is 1.38 bits per heavy atom. The highest BCUT2D eigenvalue weighted by Gasteiger charge is 2.40. The van der Waals surface area contributed by atoms with Crippen molar-refractivity contribution < 1.29 is 19.4 Å². The van der Waals surface area contributed by atoms with Gasteiger partial charge in [-0.1, -0.05) is 25.5 Å². The molecule has 1 amide bonds. The fourth-order valence-corrected chi connectivity index (χ4v) is 2.81. The van der Waals surface area contributed by atoms with E-state index in [1.165, 1.54) is 0 Å². The molecule has 0 saturated carbocycles. The molecule has 0 radical (unpaired) electrons. The van der Waals surface area contributed by atoms with E-state index in [9.17, 15) is 14.7 Å². The lowest BCUT2D eigenvalue weighted by Gasteiger charge is -2.29. The number of ether oxygens (including phenoxy) is 1. The third-order valence-electron chi connectivity index (χ3n) is 3.94. The van der Waals surface area contributed by atoms with E-state index in [0.717, 1.165) is 18.4 Å². The summed E-state index contributed by atoms with van der Waals surface area (Å²) in [7, 11) is 1.58. The lowest BCUT2D eigenvalue weighted by Crippen LogP contribution is -2.36. The van der Waals surface area contributed by atoms with Gasteiger partial charge in [0.1, 0.15) is 5.75 Å². The Hall–Kier alpha value is -2.04. The minimum Gasteiger partial charge on any atom is -0.550 e. The number of benzene rings is 1. The zero-order valence-corrected chi connectivity index (χ0v) is 12.4. The maximum Gasteiger partial charge on any atom is 0.223 e. The Balaban J connectivity index is 2.31. The number of carboxylic acid groups (broad SMARTS) is 1. The Kier molecular flexibility index (Phi) is 4.83. The Labute approximate surface area is 124 Å². The van der Waals surface area contributed by atoms with E-state index in [1.54, 1.807) is 24.1 Å². The van der Waals surface area contributed by atoms with Crippen LogP contribution in [0.15, 0.2) is 24.3 Å². The van der Waals surface area contributed by atoms with Gasteiger partial charge in [-0.2, -0.15) is 0 Å². The molecule has 1 heterocycles. The molecular formula is C16H20NO4-. The second-order valence-electron chi connectivity index (χ2n) is 5.29. The highest BCUT2D eigenvalue weighted by molar-refractivity contribution is 5.86. The van der Waals surface area contributed by atoms with E-state index in [2.05, 4.69) is 0 Å². The molecule has 1 aromatic rings. The summed E-state index contributed by atoms with van der Waals surface area (Å²) in [6.45, 7) is 2.62. The highest BCUT2D eigenvalue weighted by atomic mass is 16.5. The predicted molar refractivity (Wildman–Crippen MR) is 75.5 cm³/mol. The lowest BCUT2D eigenvalue weighted by molar-refractivity contribution is -0.312. The highest BCUT2D eigenvalue weighted by Crippen LogP contribution is 2.38. The van der Waals surface area contributed by atoms with Crippen molar-refractivity contribution in [2.45, 2.75) is 32.2 Å². The number of methoxy groups -OCH3 is 1. The minimum absolute atomic E-state index is 0.0166. The number of carbonyl (C=O) groups is 2. The number of unbranched alkanes of at least 4 members (excludes halogenated alkanes) is 1. The van der Waals surface area contributed by atoms with Gasteiger partial charge in [-0.05, 0) is 24.1 Å². The third-order valence-corrected chi connectivity index (χ3v) is 3.94. The number of carboxylic acids is 1. The Morgan fingerprint density at radius 2 is 2.05 bits per heavy atom. The summed E-state index contributed by atoms with van der Waals surface area (Å²) < 4.78 is 5.11. The van der Waals surface area contributed by atoms with Crippen molar-refractivity contribution in [3.63, 3.8) is 0 Å². The molecular weight excluding hydrogens is 270 g/mol. The van der Waals surface area contributed by atoms with Gasteiger partial charge in [0, 0.05) is 24.9 Å². The molecule has 114 valence electrons. The van der Waals surface area contributed by atoms with Crippen molar-refractivity contribution in [3.8, 4) is 5.75 Å². The first-order chi connectivity index (χ1) is 10.1. The maximum atomic E-state index is 12.1. The van der Waals surface area contributed by atoms with Crippen molar-refractivity contribution in [1.29, 1.82) is 0 Å². The van der Waals surface area contributed by atoms with Gasteiger partial charge in [-0.25, -0.2) is 0 Å². The van der Waals surface area contributed by atoms with Crippen LogP contribution in [0.5, 0.6) is 5.75 Å². The third kappa shape index (κ3) is 3.17. The largest absolute Gasteiger partial charge is 0.550 e. The molecule has 21 heavy (non-hydrogen) atoms. The van der Waals surface area contributed by atoms with Crippen LogP contribution in [0, 0.1) is 5.92 Å². The molecule has 5 nitrogen and oxygen atoms in total. The van der Waals surface area contributed by atoms with Gasteiger partial charge in [-0.15, -0.1) is 0 Å². The summed E-state index contributed by atoms with van der Waals surface area (Å²) in [5.41, 5.74) is 0.812. The van der Waals surface area contributed by atoms with Crippen LogP contribution >= 0.6 is 0 Å². The standard InChI is InChI=1S/C16H21NO4/c1-3-4-9-17-14(18)10-13(16(19)20)15(17)11-5-7-12(21-2)8-6-11/h5-8,13,15H,3-4,9-10H2,1-2H3,(H,19,20)/p-1/t13-,15+/m0/s1. The minimum atomic E-state index is -1.16. The average molecular weight is 290 g/mol. The van der Waals surface area contributed by atoms with Gasteiger partial charge in [0.2, 0.25) is 5.91 Å². The van der Waals surface area contributed by atoms with Gasteiger partial charge in [-0.3, -0.25) is 4.79 Å². The first-order valence-electron chi connectivity index (χ1n) is 7.22. The molecule has 1 aliphatic rings. The molecule has 2 rings (SSSR count). The van der Waals surface area contributed by atoms with E-state index in [-0.39, 0.29) is 12.3 Å². The van der Waals surface area contributed by atoms with Gasteiger partial charge >= 0.3 is 0 Å². The van der Waals surface area contributed by atoms with E-state index >= 15 is 0 Å². The molecule has 1 aliphatic heterocycles. The number of aliphatic carboxylic acids is 1. The van der Waals surface area contributed by atoms with Crippen molar-refractivity contribution in [3.05, 3.63) is 29.8 Å². The van der Waals surface area contributed by atoms with E-state index in [0.29, 0.717) is 12.3 Å². The number of amides is 1. The number of hydrogen-bond acceptors (Lipinski definition) is 4. The maximum absolute atomic E-state index is 12.1. The number of hydrogen-bond donors (Lipinski definition) is 0. The molecule has 5 heteroatoms. The molecule has 0 aliphatic carbocycles. The van der Waals surface area contributed by atoms with Gasteiger partial charge < -0.3 is 19.5 Å². The molecule has 0 spiro atoms. The number of rotatable bonds is 6. The van der Waals surface area contributed by atoms with Crippen LogP contribution < -0.4 is 9.84 Å². The van der Waals surface area contributed by atoms with Crippen LogP contribution in [0.3, 0.4) is 0 Å².